The number of para-hydroxylation sites is 6. The Labute approximate surface area is 427 Å². The summed E-state index contributed by atoms with van der Waals surface area (Å²) in [4.78, 5) is 15.8. The third-order valence-electron chi connectivity index (χ3n) is 14.9. The molecule has 8 nitrogen and oxygen atoms in total. The monoisotopic (exact) mass is 954 g/mol. The molecule has 9 aromatic carbocycles. The van der Waals surface area contributed by atoms with Crippen molar-refractivity contribution in [3.05, 3.63) is 211 Å². The highest BCUT2D eigenvalue weighted by atomic mass is 15.1. The highest BCUT2D eigenvalue weighted by Crippen LogP contribution is 2.46. The zero-order chi connectivity index (χ0) is 50.2. The second-order valence-corrected chi connectivity index (χ2v) is 21.6. The molecule has 5 heterocycles. The van der Waals surface area contributed by atoms with E-state index in [1.165, 1.54) is 5.39 Å². The van der Waals surface area contributed by atoms with Crippen molar-refractivity contribution in [1.29, 1.82) is 5.26 Å². The number of benzene rings is 9. The normalized spacial score (nSPS) is 12.4. The topological polar surface area (TPSA) is 82.2 Å². The molecule has 0 aliphatic carbocycles. The molecule has 8 heteroatoms. The first-order valence-electron chi connectivity index (χ1n) is 25.3. The van der Waals surface area contributed by atoms with Gasteiger partial charge in [-0.2, -0.15) is 5.26 Å². The summed E-state index contributed by atoms with van der Waals surface area (Å²) in [5, 5.41) is 21.0. The molecule has 0 bridgehead atoms. The quantitative estimate of drug-likeness (QED) is 0.172. The minimum atomic E-state index is -0.373. The molecule has 0 aliphatic rings. The van der Waals surface area contributed by atoms with E-state index in [0.29, 0.717) is 23.0 Å². The Hall–Kier alpha value is -9.32. The van der Waals surface area contributed by atoms with Crippen LogP contribution in [-0.2, 0) is 10.8 Å². The second-order valence-electron chi connectivity index (χ2n) is 21.6. The molecule has 0 saturated heterocycles. The molecule has 0 saturated carbocycles. The Balaban J connectivity index is 1.15. The van der Waals surface area contributed by atoms with Gasteiger partial charge in [0.05, 0.1) is 55.5 Å². The van der Waals surface area contributed by atoms with Crippen LogP contribution in [0.1, 0.15) is 58.8 Å². The van der Waals surface area contributed by atoms with Gasteiger partial charge in [0.15, 0.2) is 5.82 Å². The summed E-state index contributed by atoms with van der Waals surface area (Å²) in [5.74, 6) is 1.98. The van der Waals surface area contributed by atoms with Crippen molar-refractivity contribution >= 4 is 87.2 Å². The van der Waals surface area contributed by atoms with E-state index in [2.05, 4.69) is 260 Å². The van der Waals surface area contributed by atoms with E-state index >= 15 is 0 Å². The summed E-state index contributed by atoms with van der Waals surface area (Å²) in [5.41, 5.74) is 12.6. The van der Waals surface area contributed by atoms with E-state index in [1.807, 2.05) is 0 Å². The SMILES string of the molecule is CC(C)(C)c1nc(-c2cc(-n3c4ccccc4c4cc5c(cc43)c3ccccc3n5-c3ccccc3)c(C#N)c(-n3c4ccccc4c4c3ccc3c5ccccc5n(-c5ccccc5)c34)c2)nc(C(C)(C)C)n1. The first kappa shape index (κ1) is 43.5. The third kappa shape index (κ3) is 6.36. The van der Waals surface area contributed by atoms with Crippen molar-refractivity contribution < 1.29 is 0 Å². The van der Waals surface area contributed by atoms with Crippen molar-refractivity contribution in [2.45, 2.75) is 52.4 Å². The van der Waals surface area contributed by atoms with Gasteiger partial charge in [-0.1, -0.05) is 157 Å². The van der Waals surface area contributed by atoms with Crippen LogP contribution in [0, 0.1) is 11.3 Å². The van der Waals surface area contributed by atoms with E-state index in [0.717, 1.165) is 110 Å². The van der Waals surface area contributed by atoms with Gasteiger partial charge in [0.25, 0.3) is 0 Å². The smallest absolute Gasteiger partial charge is 0.163 e. The maximum absolute atomic E-state index is 12.0. The maximum Gasteiger partial charge on any atom is 0.163 e. The van der Waals surface area contributed by atoms with Gasteiger partial charge < -0.3 is 18.3 Å². The molecule has 14 aromatic rings. The lowest BCUT2D eigenvalue weighted by Gasteiger charge is -2.23. The van der Waals surface area contributed by atoms with Crippen LogP contribution in [0.15, 0.2) is 194 Å². The zero-order valence-electron chi connectivity index (χ0n) is 42.1. The van der Waals surface area contributed by atoms with Crippen LogP contribution in [0.4, 0.5) is 0 Å². The number of aromatic nitrogens is 7. The second kappa shape index (κ2) is 15.8. The average Bonchev–Trinajstić information content (AvgIpc) is 4.14. The number of rotatable bonds is 5. The Morgan fingerprint density at radius 3 is 1.31 bits per heavy atom. The largest absolute Gasteiger partial charge is 0.309 e. The molecule has 0 radical (unpaired) electrons. The van der Waals surface area contributed by atoms with Crippen LogP contribution in [0.25, 0.3) is 121 Å². The Bertz CT molecular complexity index is 4650. The highest BCUT2D eigenvalue weighted by Gasteiger charge is 2.29. The van der Waals surface area contributed by atoms with Crippen LogP contribution < -0.4 is 0 Å². The minimum Gasteiger partial charge on any atom is -0.309 e. The fourth-order valence-corrected chi connectivity index (χ4v) is 11.5. The van der Waals surface area contributed by atoms with Crippen LogP contribution in [0.5, 0.6) is 0 Å². The van der Waals surface area contributed by atoms with Crippen molar-refractivity contribution in [3.63, 3.8) is 0 Å². The van der Waals surface area contributed by atoms with Crippen LogP contribution in [-0.4, -0.2) is 33.2 Å². The number of hydrogen-bond donors (Lipinski definition) is 0. The molecule has 5 aromatic heterocycles. The summed E-state index contributed by atoms with van der Waals surface area (Å²) in [6, 6.07) is 72.0. The number of nitriles is 1. The Morgan fingerprint density at radius 2 is 0.784 bits per heavy atom. The number of hydrogen-bond acceptors (Lipinski definition) is 4. The van der Waals surface area contributed by atoms with Gasteiger partial charge in [0, 0.05) is 70.9 Å². The lowest BCUT2D eigenvalue weighted by atomic mass is 9.93. The fourth-order valence-electron chi connectivity index (χ4n) is 11.5. The van der Waals surface area contributed by atoms with Crippen LogP contribution >= 0.6 is 0 Å². The first-order chi connectivity index (χ1) is 36.0. The van der Waals surface area contributed by atoms with Gasteiger partial charge >= 0.3 is 0 Å². The van der Waals surface area contributed by atoms with E-state index in [1.54, 1.807) is 0 Å². The summed E-state index contributed by atoms with van der Waals surface area (Å²) in [6.45, 7) is 12.9. The first-order valence-corrected chi connectivity index (χ1v) is 25.3. The van der Waals surface area contributed by atoms with Crippen molar-refractivity contribution in [2.24, 2.45) is 0 Å². The summed E-state index contributed by atoms with van der Waals surface area (Å²) in [7, 11) is 0. The van der Waals surface area contributed by atoms with E-state index < -0.39 is 0 Å². The standard InChI is InChI=1S/C66H50N8/c1-65(2,3)63-68-62(69-64(70-63)66(4,5)6)40-35-56(73-54-32-20-16-28-47(54)60-55(73)34-33-46-43-25-13-18-30-52(43)72(61(46)60)42-23-11-8-12-24-42)50(39-67)57(36-40)74-53-31-19-15-27-45(53)49-37-58-48(38-59(49)74)44-26-14-17-29-51(44)71(58)41-21-9-7-10-22-41/h7-38H,1-6H3. The van der Waals surface area contributed by atoms with Crippen molar-refractivity contribution in [2.75, 3.05) is 0 Å². The maximum atomic E-state index is 12.0. The van der Waals surface area contributed by atoms with Crippen LogP contribution in [0.2, 0.25) is 0 Å². The van der Waals surface area contributed by atoms with Gasteiger partial charge in [0.2, 0.25) is 0 Å². The van der Waals surface area contributed by atoms with Gasteiger partial charge in [0.1, 0.15) is 23.3 Å². The number of fused-ring (bicyclic) bond motifs is 13. The predicted octanol–water partition coefficient (Wildman–Crippen LogP) is 16.4. The van der Waals surface area contributed by atoms with E-state index in [9.17, 15) is 5.26 Å². The predicted molar refractivity (Wildman–Crippen MR) is 305 cm³/mol. The summed E-state index contributed by atoms with van der Waals surface area (Å²) in [6.07, 6.45) is 0. The van der Waals surface area contributed by atoms with Gasteiger partial charge in [-0.3, -0.25) is 0 Å². The molecule has 0 aliphatic heterocycles. The molecule has 0 amide bonds. The average molecular weight is 955 g/mol. The Morgan fingerprint density at radius 1 is 0.365 bits per heavy atom. The molecule has 354 valence electrons. The lowest BCUT2D eigenvalue weighted by molar-refractivity contribution is 0.497. The molecule has 14 rings (SSSR count). The van der Waals surface area contributed by atoms with Gasteiger partial charge in [-0.25, -0.2) is 15.0 Å². The van der Waals surface area contributed by atoms with E-state index in [-0.39, 0.29) is 10.8 Å². The van der Waals surface area contributed by atoms with Crippen LogP contribution in [0.3, 0.4) is 0 Å². The van der Waals surface area contributed by atoms with E-state index in [4.69, 9.17) is 15.0 Å². The molecule has 0 spiro atoms. The molecule has 0 unspecified atom stereocenters. The fraction of sp³-hybridized carbons (Fsp3) is 0.121. The molecule has 74 heavy (non-hydrogen) atoms. The summed E-state index contributed by atoms with van der Waals surface area (Å²) >= 11 is 0. The molecule has 0 fully saturated rings. The highest BCUT2D eigenvalue weighted by molar-refractivity contribution is 6.26. The van der Waals surface area contributed by atoms with Gasteiger partial charge in [-0.05, 0) is 78.9 Å². The van der Waals surface area contributed by atoms with Crippen molar-refractivity contribution in [3.8, 4) is 40.2 Å². The molecular weight excluding hydrogens is 905 g/mol. The Kier molecular flexibility index (Phi) is 9.30. The lowest BCUT2D eigenvalue weighted by Crippen LogP contribution is -2.24. The summed E-state index contributed by atoms with van der Waals surface area (Å²) < 4.78 is 9.38. The molecule has 0 atom stereocenters. The third-order valence-corrected chi connectivity index (χ3v) is 14.9. The van der Waals surface area contributed by atoms with Gasteiger partial charge in [-0.15, -0.1) is 0 Å². The van der Waals surface area contributed by atoms with Crippen molar-refractivity contribution in [1.82, 2.24) is 33.2 Å². The zero-order valence-corrected chi connectivity index (χ0v) is 42.1. The number of nitrogens with zero attached hydrogens (tertiary/aromatic N) is 8. The molecular formula is C66H50N8. The minimum absolute atomic E-state index is 0.373. The molecule has 0 N–H and O–H groups in total.